The van der Waals surface area contributed by atoms with Crippen LogP contribution in [-0.4, -0.2) is 29.6 Å². The van der Waals surface area contributed by atoms with Crippen LogP contribution < -0.4 is 14.9 Å². The summed E-state index contributed by atoms with van der Waals surface area (Å²) >= 11 is 6.50. The van der Waals surface area contributed by atoms with Crippen LogP contribution in [0.1, 0.15) is 65.9 Å². The molecule has 0 saturated carbocycles. The molecule has 0 N–H and O–H groups in total. The van der Waals surface area contributed by atoms with Gasteiger partial charge in [-0.3, -0.25) is 9.78 Å². The van der Waals surface area contributed by atoms with Crippen LogP contribution in [-0.2, 0) is 22.5 Å². The Morgan fingerprint density at radius 2 is 1.57 bits per heavy atom. The molecule has 0 radical (unpaired) electrons. The number of pyridine rings is 1. The van der Waals surface area contributed by atoms with Crippen LogP contribution in [0.15, 0.2) is 67.0 Å². The van der Waals surface area contributed by atoms with Crippen molar-refractivity contribution in [2.45, 2.75) is 66.0 Å². The van der Waals surface area contributed by atoms with Gasteiger partial charge >= 0.3 is 7.12 Å². The van der Waals surface area contributed by atoms with Gasteiger partial charge in [-0.1, -0.05) is 48.0 Å². The monoisotopic (exact) mass is 608 g/mol. The molecule has 224 valence electrons. The molecule has 0 aliphatic carbocycles. The van der Waals surface area contributed by atoms with Crippen LogP contribution in [0.3, 0.4) is 0 Å². The third-order valence-electron chi connectivity index (χ3n) is 8.51. The van der Waals surface area contributed by atoms with Crippen molar-refractivity contribution in [3.63, 3.8) is 0 Å². The quantitative estimate of drug-likeness (QED) is 0.147. The number of rotatable bonds is 9. The summed E-state index contributed by atoms with van der Waals surface area (Å²) in [5.41, 5.74) is 6.90. The van der Waals surface area contributed by atoms with Crippen molar-refractivity contribution < 1.29 is 23.6 Å². The summed E-state index contributed by atoms with van der Waals surface area (Å²) in [6, 6.07) is 19.2. The summed E-state index contributed by atoms with van der Waals surface area (Å²) in [5.74, 6) is 0.710. The highest BCUT2D eigenvalue weighted by atomic mass is 35.5. The maximum Gasteiger partial charge on any atom is 0.495 e. The second-order valence-corrected chi connectivity index (χ2v) is 12.3. The minimum atomic E-state index is -0.453. The van der Waals surface area contributed by atoms with Crippen LogP contribution in [0, 0.1) is 25.2 Å². The standard InChI is InChI=1S/C35H34BClN2O5/c1-22-26(9-7-10-28(22)29-11-8-12-30(23(29)2)36-43-34(3,4)35(5,6)44-36)21-42-33-15-32(27(19-40)14-31(33)37)41-20-25-13-24(16-38)17-39-18-25/h7-15,17-19H,20-21H2,1-6H3. The van der Waals surface area contributed by atoms with Gasteiger partial charge in [0.2, 0.25) is 0 Å². The molecule has 3 aromatic carbocycles. The SMILES string of the molecule is Cc1c(COc2cc(OCc3cncc(C#N)c3)c(C=O)cc2Cl)cccc1-c1cccc(B2OC(C)(C)C(C)(C)O2)c1C. The van der Waals surface area contributed by atoms with E-state index in [1.54, 1.807) is 18.3 Å². The predicted molar refractivity (Wildman–Crippen MR) is 172 cm³/mol. The molecular weight excluding hydrogens is 575 g/mol. The first-order valence-electron chi connectivity index (χ1n) is 14.4. The van der Waals surface area contributed by atoms with Gasteiger partial charge in [0.25, 0.3) is 0 Å². The molecule has 1 aliphatic heterocycles. The van der Waals surface area contributed by atoms with E-state index in [0.29, 0.717) is 39.5 Å². The highest BCUT2D eigenvalue weighted by Crippen LogP contribution is 2.38. The number of ether oxygens (including phenoxy) is 2. The van der Waals surface area contributed by atoms with E-state index in [9.17, 15) is 4.79 Å². The molecule has 1 aliphatic rings. The van der Waals surface area contributed by atoms with E-state index in [-0.39, 0.29) is 13.2 Å². The van der Waals surface area contributed by atoms with Crippen LogP contribution in [0.2, 0.25) is 5.02 Å². The topological polar surface area (TPSA) is 90.7 Å². The first kappa shape index (κ1) is 31.3. The predicted octanol–water partition coefficient (Wildman–Crippen LogP) is 7.16. The first-order chi connectivity index (χ1) is 20.9. The van der Waals surface area contributed by atoms with Gasteiger partial charge in [0.15, 0.2) is 6.29 Å². The molecule has 1 aromatic heterocycles. The second-order valence-electron chi connectivity index (χ2n) is 11.9. The Morgan fingerprint density at radius 3 is 2.25 bits per heavy atom. The van der Waals surface area contributed by atoms with Crippen LogP contribution in [0.4, 0.5) is 0 Å². The average molecular weight is 609 g/mol. The largest absolute Gasteiger partial charge is 0.495 e. The molecule has 1 fully saturated rings. The van der Waals surface area contributed by atoms with E-state index < -0.39 is 18.3 Å². The molecule has 9 heteroatoms. The third kappa shape index (κ3) is 6.23. The molecule has 0 bridgehead atoms. The number of aromatic nitrogens is 1. The normalized spacial score (nSPS) is 15.1. The van der Waals surface area contributed by atoms with Gasteiger partial charge in [-0.25, -0.2) is 0 Å². The van der Waals surface area contributed by atoms with Crippen LogP contribution >= 0.6 is 11.6 Å². The summed E-state index contributed by atoms with van der Waals surface area (Å²) in [4.78, 5) is 15.8. The first-order valence-corrected chi connectivity index (χ1v) is 14.7. The fraction of sp³-hybridized carbons (Fsp3) is 0.286. The zero-order valence-electron chi connectivity index (χ0n) is 25.7. The maximum atomic E-state index is 11.7. The highest BCUT2D eigenvalue weighted by molar-refractivity contribution is 6.62. The summed E-state index contributed by atoms with van der Waals surface area (Å²) in [6.07, 6.45) is 3.77. The zero-order chi connectivity index (χ0) is 31.6. The molecule has 0 spiro atoms. The van der Waals surface area contributed by atoms with Crippen molar-refractivity contribution in [3.8, 4) is 28.7 Å². The Kier molecular flexibility index (Phi) is 8.85. The second kappa shape index (κ2) is 12.5. The van der Waals surface area contributed by atoms with Gasteiger partial charge in [0, 0.05) is 24.0 Å². The fourth-order valence-corrected chi connectivity index (χ4v) is 5.35. The van der Waals surface area contributed by atoms with Crippen molar-refractivity contribution in [2.75, 3.05) is 0 Å². The van der Waals surface area contributed by atoms with Crippen molar-refractivity contribution in [2.24, 2.45) is 0 Å². The van der Waals surface area contributed by atoms with Crippen molar-refractivity contribution in [3.05, 3.63) is 105 Å². The maximum absolute atomic E-state index is 11.7. The molecule has 5 rings (SSSR count). The van der Waals surface area contributed by atoms with E-state index in [1.807, 2.05) is 18.2 Å². The van der Waals surface area contributed by atoms with Crippen LogP contribution in [0.5, 0.6) is 11.5 Å². The van der Waals surface area contributed by atoms with Crippen molar-refractivity contribution >= 4 is 30.5 Å². The number of carbonyl (C=O) groups excluding carboxylic acids is 1. The number of hydrogen-bond donors (Lipinski definition) is 0. The molecule has 44 heavy (non-hydrogen) atoms. The Labute approximate surface area is 263 Å². The molecule has 0 amide bonds. The minimum Gasteiger partial charge on any atom is -0.488 e. The number of nitriles is 1. The van der Waals surface area contributed by atoms with Gasteiger partial charge in [0.1, 0.15) is 30.8 Å². The number of aldehydes is 1. The Hall–Kier alpha value is -4.16. The van der Waals surface area contributed by atoms with E-state index in [4.69, 9.17) is 35.6 Å². The Balaban J connectivity index is 1.37. The van der Waals surface area contributed by atoms with E-state index in [2.05, 4.69) is 70.8 Å². The molecule has 4 aromatic rings. The molecule has 0 atom stereocenters. The number of carbonyl (C=O) groups is 1. The summed E-state index contributed by atoms with van der Waals surface area (Å²) < 4.78 is 24.8. The highest BCUT2D eigenvalue weighted by Gasteiger charge is 2.52. The Morgan fingerprint density at radius 1 is 0.909 bits per heavy atom. The average Bonchev–Trinajstić information content (AvgIpc) is 3.22. The minimum absolute atomic E-state index is 0.121. The van der Waals surface area contributed by atoms with E-state index in [1.165, 1.54) is 12.3 Å². The molecular formula is C35H34BClN2O5. The summed E-state index contributed by atoms with van der Waals surface area (Å²) in [5, 5.41) is 9.44. The summed E-state index contributed by atoms with van der Waals surface area (Å²) in [7, 11) is -0.453. The van der Waals surface area contributed by atoms with E-state index in [0.717, 1.165) is 33.3 Å². The zero-order valence-corrected chi connectivity index (χ0v) is 26.5. The van der Waals surface area contributed by atoms with Crippen molar-refractivity contribution in [1.82, 2.24) is 4.98 Å². The van der Waals surface area contributed by atoms with E-state index >= 15 is 0 Å². The molecule has 7 nitrogen and oxygen atoms in total. The summed E-state index contributed by atoms with van der Waals surface area (Å²) in [6.45, 7) is 12.8. The van der Waals surface area contributed by atoms with Crippen molar-refractivity contribution in [1.29, 1.82) is 5.26 Å². The lowest BCUT2D eigenvalue weighted by Gasteiger charge is -2.32. The Bertz CT molecular complexity index is 1750. The molecule has 1 saturated heterocycles. The van der Waals surface area contributed by atoms with Gasteiger partial charge in [0.05, 0.1) is 27.4 Å². The van der Waals surface area contributed by atoms with Gasteiger partial charge in [-0.05, 0) is 87.0 Å². The number of nitrogens with zero attached hydrogens (tertiary/aromatic N) is 2. The fourth-order valence-electron chi connectivity index (χ4n) is 5.12. The smallest absolute Gasteiger partial charge is 0.488 e. The molecule has 0 unspecified atom stereocenters. The number of hydrogen-bond acceptors (Lipinski definition) is 7. The third-order valence-corrected chi connectivity index (χ3v) is 8.81. The lowest BCUT2D eigenvalue weighted by molar-refractivity contribution is 0.00578. The van der Waals surface area contributed by atoms with Gasteiger partial charge < -0.3 is 18.8 Å². The van der Waals surface area contributed by atoms with Gasteiger partial charge in [-0.15, -0.1) is 0 Å². The lowest BCUT2D eigenvalue weighted by Crippen LogP contribution is -2.41. The van der Waals surface area contributed by atoms with Gasteiger partial charge in [-0.2, -0.15) is 5.26 Å². The molecule has 2 heterocycles. The number of benzene rings is 3. The lowest BCUT2D eigenvalue weighted by atomic mass is 9.74. The van der Waals surface area contributed by atoms with Crippen LogP contribution in [0.25, 0.3) is 11.1 Å². The number of halogens is 1.